The predicted molar refractivity (Wildman–Crippen MR) is 89.0 cm³/mol. The molecule has 0 fully saturated rings. The molecule has 0 aliphatic heterocycles. The Balaban J connectivity index is 2.09. The van der Waals surface area contributed by atoms with Gasteiger partial charge in [0, 0.05) is 5.69 Å². The molecule has 0 heterocycles. The first kappa shape index (κ1) is 15.3. The van der Waals surface area contributed by atoms with Crippen LogP contribution in [-0.4, -0.2) is 5.91 Å². The van der Waals surface area contributed by atoms with Gasteiger partial charge in [-0.2, -0.15) is 5.26 Å². The Morgan fingerprint density at radius 2 is 1.77 bits per heavy atom. The molecule has 0 radical (unpaired) electrons. The lowest BCUT2D eigenvalue weighted by atomic mass is 10.1. The lowest BCUT2D eigenvalue weighted by molar-refractivity contribution is -0.112. The van der Waals surface area contributed by atoms with Crippen molar-refractivity contribution in [3.05, 3.63) is 83.4 Å². The summed E-state index contributed by atoms with van der Waals surface area (Å²) in [7, 11) is 0. The van der Waals surface area contributed by atoms with Gasteiger partial charge in [0.15, 0.2) is 0 Å². The number of benzene rings is 2. The number of hydrogen-bond acceptors (Lipinski definition) is 2. The van der Waals surface area contributed by atoms with Crippen molar-refractivity contribution in [2.45, 2.75) is 6.92 Å². The maximum Gasteiger partial charge on any atom is 0.266 e. The summed E-state index contributed by atoms with van der Waals surface area (Å²) in [5, 5.41) is 11.9. The second kappa shape index (κ2) is 7.61. The molecular weight excluding hydrogens is 272 g/mol. The normalized spacial score (nSPS) is 11.2. The van der Waals surface area contributed by atoms with Gasteiger partial charge in [-0.1, -0.05) is 60.7 Å². The molecule has 0 aliphatic rings. The van der Waals surface area contributed by atoms with E-state index < -0.39 is 5.91 Å². The second-order valence-corrected chi connectivity index (χ2v) is 4.73. The lowest BCUT2D eigenvalue weighted by Gasteiger charge is -2.06. The number of para-hydroxylation sites is 1. The monoisotopic (exact) mass is 288 g/mol. The summed E-state index contributed by atoms with van der Waals surface area (Å²) in [6.45, 7) is 1.90. The van der Waals surface area contributed by atoms with E-state index in [-0.39, 0.29) is 5.57 Å². The highest BCUT2D eigenvalue weighted by molar-refractivity contribution is 6.07. The minimum absolute atomic E-state index is 0.0652. The number of anilines is 1. The van der Waals surface area contributed by atoms with Crippen molar-refractivity contribution in [1.82, 2.24) is 0 Å². The third-order valence-corrected chi connectivity index (χ3v) is 3.11. The summed E-state index contributed by atoms with van der Waals surface area (Å²) in [4.78, 5) is 12.1. The van der Waals surface area contributed by atoms with E-state index in [0.717, 1.165) is 11.1 Å². The van der Waals surface area contributed by atoms with Crippen LogP contribution in [0.4, 0.5) is 5.69 Å². The molecule has 3 nitrogen and oxygen atoms in total. The van der Waals surface area contributed by atoms with Gasteiger partial charge in [0.1, 0.15) is 11.6 Å². The minimum Gasteiger partial charge on any atom is -0.321 e. The quantitative estimate of drug-likeness (QED) is 0.523. The van der Waals surface area contributed by atoms with Gasteiger partial charge in [-0.05, 0) is 30.2 Å². The molecule has 0 saturated carbocycles. The molecule has 2 aromatic rings. The summed E-state index contributed by atoms with van der Waals surface area (Å²) in [5.74, 6) is -0.408. The summed E-state index contributed by atoms with van der Waals surface area (Å²) < 4.78 is 0. The Morgan fingerprint density at radius 3 is 2.45 bits per heavy atom. The van der Waals surface area contributed by atoms with Crippen molar-refractivity contribution in [2.24, 2.45) is 0 Å². The molecule has 1 amide bonds. The standard InChI is InChI=1S/C19H16N2O/c1-15-8-5-6-13-18(15)21-19(22)17(14-20)12-7-11-16-9-3-2-4-10-16/h2-13H,1H3,(H,21,22)/b11-7+,17-12-. The fraction of sp³-hybridized carbons (Fsp3) is 0.0526. The lowest BCUT2D eigenvalue weighted by Crippen LogP contribution is -2.14. The average molecular weight is 288 g/mol. The molecule has 22 heavy (non-hydrogen) atoms. The van der Waals surface area contributed by atoms with Crippen molar-refractivity contribution >= 4 is 17.7 Å². The smallest absolute Gasteiger partial charge is 0.266 e. The van der Waals surface area contributed by atoms with E-state index in [2.05, 4.69) is 5.32 Å². The molecule has 108 valence electrons. The average Bonchev–Trinajstić information content (AvgIpc) is 2.54. The van der Waals surface area contributed by atoms with Crippen LogP contribution in [-0.2, 0) is 4.79 Å². The van der Waals surface area contributed by atoms with Crippen LogP contribution in [0.5, 0.6) is 0 Å². The van der Waals surface area contributed by atoms with Crippen LogP contribution >= 0.6 is 0 Å². The first-order valence-electron chi connectivity index (χ1n) is 6.91. The Bertz CT molecular complexity index is 753. The number of aryl methyl sites for hydroxylation is 1. The van der Waals surface area contributed by atoms with E-state index in [1.54, 1.807) is 6.08 Å². The highest BCUT2D eigenvalue weighted by Gasteiger charge is 2.09. The first-order valence-corrected chi connectivity index (χ1v) is 6.91. The number of nitrogens with zero attached hydrogens (tertiary/aromatic N) is 1. The Morgan fingerprint density at radius 1 is 1.09 bits per heavy atom. The van der Waals surface area contributed by atoms with Gasteiger partial charge in [0.2, 0.25) is 0 Å². The SMILES string of the molecule is Cc1ccccc1NC(=O)/C(C#N)=C\C=C\c1ccccc1. The molecular formula is C19H16N2O. The van der Waals surface area contributed by atoms with Crippen LogP contribution in [0, 0.1) is 18.3 Å². The number of nitrogens with one attached hydrogen (secondary N) is 1. The van der Waals surface area contributed by atoms with Gasteiger partial charge in [0.05, 0.1) is 0 Å². The predicted octanol–water partition coefficient (Wildman–Crippen LogP) is 4.10. The van der Waals surface area contributed by atoms with Crippen LogP contribution < -0.4 is 5.32 Å². The topological polar surface area (TPSA) is 52.9 Å². The summed E-state index contributed by atoms with van der Waals surface area (Å²) in [6.07, 6.45) is 5.06. The van der Waals surface area contributed by atoms with E-state index in [9.17, 15) is 4.79 Å². The zero-order valence-electron chi connectivity index (χ0n) is 12.3. The number of allylic oxidation sites excluding steroid dienone is 2. The summed E-state index contributed by atoms with van der Waals surface area (Å²) in [5.41, 5.74) is 2.74. The van der Waals surface area contributed by atoms with Crippen LogP contribution in [0.15, 0.2) is 72.3 Å². The third-order valence-electron chi connectivity index (χ3n) is 3.11. The molecule has 1 N–H and O–H groups in total. The van der Waals surface area contributed by atoms with Gasteiger partial charge in [-0.3, -0.25) is 4.79 Å². The van der Waals surface area contributed by atoms with Crippen molar-refractivity contribution in [1.29, 1.82) is 5.26 Å². The number of nitriles is 1. The molecule has 0 spiro atoms. The Kier molecular flexibility index (Phi) is 5.28. The number of amides is 1. The third kappa shape index (κ3) is 4.19. The Hall–Kier alpha value is -3.12. The van der Waals surface area contributed by atoms with Crippen LogP contribution in [0.3, 0.4) is 0 Å². The van der Waals surface area contributed by atoms with Gasteiger partial charge >= 0.3 is 0 Å². The van der Waals surface area contributed by atoms with Crippen LogP contribution in [0.25, 0.3) is 6.08 Å². The molecule has 0 unspecified atom stereocenters. The fourth-order valence-electron chi connectivity index (χ4n) is 1.89. The summed E-state index contributed by atoms with van der Waals surface area (Å²) >= 11 is 0. The van der Waals surface area contributed by atoms with Gasteiger partial charge in [-0.15, -0.1) is 0 Å². The maximum atomic E-state index is 12.1. The zero-order valence-corrected chi connectivity index (χ0v) is 12.3. The number of carbonyl (C=O) groups excluding carboxylic acids is 1. The molecule has 2 rings (SSSR count). The highest BCUT2D eigenvalue weighted by atomic mass is 16.1. The molecule has 0 atom stereocenters. The van der Waals surface area contributed by atoms with Crippen molar-refractivity contribution in [3.8, 4) is 6.07 Å². The first-order chi connectivity index (χ1) is 10.7. The van der Waals surface area contributed by atoms with E-state index in [0.29, 0.717) is 5.69 Å². The molecule has 0 aromatic heterocycles. The minimum atomic E-state index is -0.408. The van der Waals surface area contributed by atoms with Crippen molar-refractivity contribution in [3.63, 3.8) is 0 Å². The van der Waals surface area contributed by atoms with E-state index in [4.69, 9.17) is 5.26 Å². The van der Waals surface area contributed by atoms with E-state index >= 15 is 0 Å². The van der Waals surface area contributed by atoms with Gasteiger partial charge < -0.3 is 5.32 Å². The number of hydrogen-bond donors (Lipinski definition) is 1. The molecule has 0 saturated heterocycles. The van der Waals surface area contributed by atoms with Crippen LogP contribution in [0.2, 0.25) is 0 Å². The highest BCUT2D eigenvalue weighted by Crippen LogP contribution is 2.14. The molecule has 0 aliphatic carbocycles. The summed E-state index contributed by atoms with van der Waals surface area (Å²) in [6, 6.07) is 19.1. The number of carbonyl (C=O) groups is 1. The fourth-order valence-corrected chi connectivity index (χ4v) is 1.89. The van der Waals surface area contributed by atoms with E-state index in [1.807, 2.05) is 73.7 Å². The van der Waals surface area contributed by atoms with Gasteiger partial charge in [-0.25, -0.2) is 0 Å². The number of rotatable bonds is 4. The van der Waals surface area contributed by atoms with Crippen molar-refractivity contribution in [2.75, 3.05) is 5.32 Å². The molecule has 3 heteroatoms. The second-order valence-electron chi connectivity index (χ2n) is 4.73. The van der Waals surface area contributed by atoms with Crippen molar-refractivity contribution < 1.29 is 4.79 Å². The van der Waals surface area contributed by atoms with E-state index in [1.165, 1.54) is 6.08 Å². The molecule has 2 aromatic carbocycles. The Labute approximate surface area is 130 Å². The largest absolute Gasteiger partial charge is 0.321 e. The van der Waals surface area contributed by atoms with Gasteiger partial charge in [0.25, 0.3) is 5.91 Å². The van der Waals surface area contributed by atoms with Crippen LogP contribution in [0.1, 0.15) is 11.1 Å². The zero-order chi connectivity index (χ0) is 15.8. The maximum absolute atomic E-state index is 12.1. The molecule has 0 bridgehead atoms.